The van der Waals surface area contributed by atoms with Crippen LogP contribution in [0.3, 0.4) is 0 Å². The second kappa shape index (κ2) is 8.68. The molecular weight excluding hydrogens is 360 g/mol. The third-order valence-corrected chi connectivity index (χ3v) is 3.98. The average Bonchev–Trinajstić information content (AvgIpc) is 3.27. The Kier molecular flexibility index (Phi) is 5.86. The fourth-order valence-electron chi connectivity index (χ4n) is 2.47. The van der Waals surface area contributed by atoms with Gasteiger partial charge in [0.2, 0.25) is 0 Å². The van der Waals surface area contributed by atoms with Gasteiger partial charge in [0.25, 0.3) is 11.8 Å². The van der Waals surface area contributed by atoms with Gasteiger partial charge < -0.3 is 19.8 Å². The number of carbonyl (C=O) groups is 3. The topological polar surface area (TPSA) is 97.6 Å². The van der Waals surface area contributed by atoms with Crippen LogP contribution in [0.5, 0.6) is 0 Å². The lowest BCUT2D eigenvalue weighted by molar-refractivity contribution is 0.0600. The summed E-state index contributed by atoms with van der Waals surface area (Å²) in [6.45, 7) is 0.323. The Morgan fingerprint density at radius 1 is 0.893 bits per heavy atom. The molecule has 0 aliphatic heterocycles. The SMILES string of the molecule is COC(=O)c1ccc(C(=O)NCc2ccc(NC(=O)c3ccco3)cc2)cc1. The zero-order valence-corrected chi connectivity index (χ0v) is 15.1. The van der Waals surface area contributed by atoms with Crippen molar-refractivity contribution in [3.63, 3.8) is 0 Å². The maximum atomic E-state index is 12.2. The van der Waals surface area contributed by atoms with Crippen LogP contribution in [-0.2, 0) is 11.3 Å². The molecule has 7 heteroatoms. The van der Waals surface area contributed by atoms with Crippen LogP contribution in [-0.4, -0.2) is 24.9 Å². The Labute approximate surface area is 161 Å². The fraction of sp³-hybridized carbons (Fsp3) is 0.0952. The van der Waals surface area contributed by atoms with E-state index in [-0.39, 0.29) is 17.6 Å². The van der Waals surface area contributed by atoms with Crippen LogP contribution in [0.2, 0.25) is 0 Å². The summed E-state index contributed by atoms with van der Waals surface area (Å²) >= 11 is 0. The van der Waals surface area contributed by atoms with E-state index < -0.39 is 5.97 Å². The van der Waals surface area contributed by atoms with Gasteiger partial charge in [-0.05, 0) is 54.1 Å². The van der Waals surface area contributed by atoms with Crippen molar-refractivity contribution in [3.05, 3.63) is 89.4 Å². The van der Waals surface area contributed by atoms with Crippen LogP contribution < -0.4 is 10.6 Å². The van der Waals surface area contributed by atoms with Gasteiger partial charge >= 0.3 is 5.97 Å². The highest BCUT2D eigenvalue weighted by molar-refractivity contribution is 6.02. The Bertz CT molecular complexity index is 961. The van der Waals surface area contributed by atoms with Gasteiger partial charge in [0.15, 0.2) is 5.76 Å². The summed E-state index contributed by atoms with van der Waals surface area (Å²) in [4.78, 5) is 35.6. The molecule has 28 heavy (non-hydrogen) atoms. The van der Waals surface area contributed by atoms with Crippen LogP contribution >= 0.6 is 0 Å². The van der Waals surface area contributed by atoms with Gasteiger partial charge in [-0.25, -0.2) is 4.79 Å². The van der Waals surface area contributed by atoms with Crippen LogP contribution in [0.1, 0.15) is 36.8 Å². The summed E-state index contributed by atoms with van der Waals surface area (Å²) in [6.07, 6.45) is 1.43. The Morgan fingerprint density at radius 3 is 2.18 bits per heavy atom. The van der Waals surface area contributed by atoms with Gasteiger partial charge in [0.05, 0.1) is 18.9 Å². The molecule has 0 spiro atoms. The molecule has 0 aliphatic carbocycles. The Balaban J connectivity index is 1.53. The number of anilines is 1. The van der Waals surface area contributed by atoms with E-state index in [0.717, 1.165) is 5.56 Å². The van der Waals surface area contributed by atoms with E-state index >= 15 is 0 Å². The van der Waals surface area contributed by atoms with Crippen molar-refractivity contribution < 1.29 is 23.5 Å². The summed E-state index contributed by atoms with van der Waals surface area (Å²) in [5.74, 6) is -0.811. The smallest absolute Gasteiger partial charge is 0.337 e. The quantitative estimate of drug-likeness (QED) is 0.642. The molecule has 0 atom stereocenters. The summed E-state index contributed by atoms with van der Waals surface area (Å²) < 4.78 is 9.67. The zero-order valence-electron chi connectivity index (χ0n) is 15.1. The number of ether oxygens (including phenoxy) is 1. The number of furan rings is 1. The van der Waals surface area contributed by atoms with E-state index in [1.807, 2.05) is 0 Å². The van der Waals surface area contributed by atoms with E-state index in [9.17, 15) is 14.4 Å². The van der Waals surface area contributed by atoms with Crippen molar-refractivity contribution in [1.82, 2.24) is 5.32 Å². The normalized spacial score (nSPS) is 10.2. The Morgan fingerprint density at radius 2 is 1.57 bits per heavy atom. The first-order chi connectivity index (χ1) is 13.6. The molecule has 2 aromatic carbocycles. The first-order valence-corrected chi connectivity index (χ1v) is 8.47. The average molecular weight is 378 g/mol. The molecular formula is C21H18N2O5. The molecule has 0 saturated heterocycles. The number of benzene rings is 2. The van der Waals surface area contributed by atoms with Gasteiger partial charge in [-0.1, -0.05) is 12.1 Å². The molecule has 0 radical (unpaired) electrons. The minimum atomic E-state index is -0.453. The van der Waals surface area contributed by atoms with Gasteiger partial charge in [0.1, 0.15) is 0 Å². The number of nitrogens with one attached hydrogen (secondary N) is 2. The summed E-state index contributed by atoms with van der Waals surface area (Å²) in [7, 11) is 1.30. The maximum absolute atomic E-state index is 12.2. The van der Waals surface area contributed by atoms with E-state index in [1.165, 1.54) is 25.5 Å². The highest BCUT2D eigenvalue weighted by Crippen LogP contribution is 2.12. The second-order valence-electron chi connectivity index (χ2n) is 5.88. The minimum absolute atomic E-state index is 0.231. The molecule has 142 valence electrons. The third-order valence-electron chi connectivity index (χ3n) is 3.98. The molecule has 0 unspecified atom stereocenters. The van der Waals surface area contributed by atoms with Gasteiger partial charge in [-0.15, -0.1) is 0 Å². The number of hydrogen-bond donors (Lipinski definition) is 2. The molecule has 0 bridgehead atoms. The van der Waals surface area contributed by atoms with E-state index in [1.54, 1.807) is 48.5 Å². The molecule has 1 heterocycles. The number of methoxy groups -OCH3 is 1. The van der Waals surface area contributed by atoms with Crippen LogP contribution in [0.4, 0.5) is 5.69 Å². The lowest BCUT2D eigenvalue weighted by atomic mass is 10.1. The molecule has 2 N–H and O–H groups in total. The van der Waals surface area contributed by atoms with E-state index in [2.05, 4.69) is 15.4 Å². The predicted molar refractivity (Wildman–Crippen MR) is 102 cm³/mol. The van der Waals surface area contributed by atoms with Crippen molar-refractivity contribution >= 4 is 23.5 Å². The second-order valence-corrected chi connectivity index (χ2v) is 5.88. The van der Waals surface area contributed by atoms with Crippen molar-refractivity contribution in [2.75, 3.05) is 12.4 Å². The van der Waals surface area contributed by atoms with Crippen LogP contribution in [0.15, 0.2) is 71.3 Å². The van der Waals surface area contributed by atoms with Gasteiger partial charge in [-0.2, -0.15) is 0 Å². The summed E-state index contributed by atoms with van der Waals surface area (Å²) in [5.41, 5.74) is 2.31. The molecule has 1 aromatic heterocycles. The molecule has 3 aromatic rings. The summed E-state index contributed by atoms with van der Waals surface area (Å²) in [6, 6.07) is 16.5. The zero-order chi connectivity index (χ0) is 19.9. The van der Waals surface area contributed by atoms with Crippen molar-refractivity contribution in [2.24, 2.45) is 0 Å². The molecule has 2 amide bonds. The van der Waals surface area contributed by atoms with E-state index in [4.69, 9.17) is 4.42 Å². The van der Waals surface area contributed by atoms with Crippen molar-refractivity contribution in [2.45, 2.75) is 6.54 Å². The predicted octanol–water partition coefficient (Wildman–Crippen LogP) is 3.25. The van der Waals surface area contributed by atoms with Crippen LogP contribution in [0.25, 0.3) is 0 Å². The lowest BCUT2D eigenvalue weighted by Gasteiger charge is -2.08. The standard InChI is InChI=1S/C21H18N2O5/c1-27-21(26)16-8-6-15(7-9-16)19(24)22-13-14-4-10-17(11-5-14)23-20(25)18-3-2-12-28-18/h2-12H,13H2,1H3,(H,22,24)(H,23,25). The maximum Gasteiger partial charge on any atom is 0.337 e. The fourth-order valence-corrected chi connectivity index (χ4v) is 2.47. The molecule has 3 rings (SSSR count). The van der Waals surface area contributed by atoms with Gasteiger partial charge in [-0.3, -0.25) is 9.59 Å². The van der Waals surface area contributed by atoms with E-state index in [0.29, 0.717) is 23.4 Å². The number of hydrogen-bond acceptors (Lipinski definition) is 5. The number of rotatable bonds is 6. The first kappa shape index (κ1) is 18.9. The molecule has 0 fully saturated rings. The first-order valence-electron chi connectivity index (χ1n) is 8.47. The molecule has 7 nitrogen and oxygen atoms in total. The largest absolute Gasteiger partial charge is 0.465 e. The monoisotopic (exact) mass is 378 g/mol. The number of esters is 1. The number of amides is 2. The molecule has 0 aliphatic rings. The van der Waals surface area contributed by atoms with Crippen molar-refractivity contribution in [3.8, 4) is 0 Å². The molecule has 0 saturated carbocycles. The highest BCUT2D eigenvalue weighted by atomic mass is 16.5. The van der Waals surface area contributed by atoms with Crippen LogP contribution in [0, 0.1) is 0 Å². The third kappa shape index (κ3) is 4.64. The summed E-state index contributed by atoms with van der Waals surface area (Å²) in [5, 5.41) is 5.53. The minimum Gasteiger partial charge on any atom is -0.465 e. The highest BCUT2D eigenvalue weighted by Gasteiger charge is 2.10. The van der Waals surface area contributed by atoms with Crippen molar-refractivity contribution in [1.29, 1.82) is 0 Å². The Hall–Kier alpha value is -3.87. The van der Waals surface area contributed by atoms with Gasteiger partial charge in [0, 0.05) is 17.8 Å². The number of carbonyl (C=O) groups excluding carboxylic acids is 3. The lowest BCUT2D eigenvalue weighted by Crippen LogP contribution is -2.22.